The molecule has 1 unspecified atom stereocenters. The van der Waals surface area contributed by atoms with Crippen LogP contribution in [0.1, 0.15) is 46.5 Å². The third-order valence-corrected chi connectivity index (χ3v) is 7.08. The molecule has 0 aromatic heterocycles. The van der Waals surface area contributed by atoms with Crippen LogP contribution in [0.3, 0.4) is 0 Å². The van der Waals surface area contributed by atoms with Crippen LogP contribution in [0.5, 0.6) is 0 Å². The lowest BCUT2D eigenvalue weighted by molar-refractivity contribution is 0.703. The number of hydrogen-bond acceptors (Lipinski definition) is 0. The lowest BCUT2D eigenvalue weighted by Gasteiger charge is -2.26. The summed E-state index contributed by atoms with van der Waals surface area (Å²) >= 11 is 0. The van der Waals surface area contributed by atoms with Crippen LogP contribution in [0.25, 0.3) is 0 Å². The van der Waals surface area contributed by atoms with Crippen molar-refractivity contribution in [3.05, 3.63) is 0 Å². The standard InChI is InChI=1S/C11H26P/c1-6-9-11(8-3)12(4,5)10-7-2/h11H,6-10H2,1-5H3/q+1. The van der Waals surface area contributed by atoms with Gasteiger partial charge in [-0.15, -0.1) is 0 Å². The van der Waals surface area contributed by atoms with Gasteiger partial charge in [-0.3, -0.25) is 0 Å². The van der Waals surface area contributed by atoms with Crippen molar-refractivity contribution < 1.29 is 0 Å². The van der Waals surface area contributed by atoms with Crippen LogP contribution in [0, 0.1) is 0 Å². The van der Waals surface area contributed by atoms with Gasteiger partial charge in [0.2, 0.25) is 0 Å². The number of rotatable bonds is 6. The normalized spacial score (nSPS) is 14.8. The maximum absolute atomic E-state index is 2.54. The monoisotopic (exact) mass is 189 g/mol. The Labute approximate surface area is 79.5 Å². The molecule has 0 amide bonds. The van der Waals surface area contributed by atoms with Crippen LogP contribution in [-0.4, -0.2) is 25.2 Å². The van der Waals surface area contributed by atoms with Gasteiger partial charge in [-0.2, -0.15) is 0 Å². The Bertz CT molecular complexity index is 108. The summed E-state index contributed by atoms with van der Waals surface area (Å²) in [6, 6.07) is 0. The summed E-state index contributed by atoms with van der Waals surface area (Å²) in [5.74, 6) is 0. The van der Waals surface area contributed by atoms with Gasteiger partial charge in [-0.1, -0.05) is 27.2 Å². The molecule has 0 aliphatic rings. The van der Waals surface area contributed by atoms with Crippen molar-refractivity contribution in [1.29, 1.82) is 0 Å². The molecular formula is C11H26P+. The second-order valence-corrected chi connectivity index (χ2v) is 9.09. The maximum Gasteiger partial charge on any atom is 0.0689 e. The van der Waals surface area contributed by atoms with Crippen LogP contribution in [0.4, 0.5) is 0 Å². The van der Waals surface area contributed by atoms with Crippen molar-refractivity contribution in [2.75, 3.05) is 19.5 Å². The van der Waals surface area contributed by atoms with Crippen molar-refractivity contribution >= 4 is 7.26 Å². The van der Waals surface area contributed by atoms with E-state index in [1.807, 2.05) is 0 Å². The van der Waals surface area contributed by atoms with Gasteiger partial charge in [0.25, 0.3) is 0 Å². The molecule has 0 N–H and O–H groups in total. The Morgan fingerprint density at radius 1 is 1.00 bits per heavy atom. The first-order valence-electron chi connectivity index (χ1n) is 5.41. The van der Waals surface area contributed by atoms with Crippen molar-refractivity contribution in [2.24, 2.45) is 0 Å². The minimum absolute atomic E-state index is 0.569. The summed E-state index contributed by atoms with van der Waals surface area (Å²) in [5.41, 5.74) is 1.04. The van der Waals surface area contributed by atoms with Gasteiger partial charge in [-0.25, -0.2) is 0 Å². The largest absolute Gasteiger partial charge is 0.0689 e. The fourth-order valence-electron chi connectivity index (χ4n) is 2.14. The zero-order valence-electron chi connectivity index (χ0n) is 9.56. The lowest BCUT2D eigenvalue weighted by atomic mass is 10.2. The van der Waals surface area contributed by atoms with E-state index in [9.17, 15) is 0 Å². The Hall–Kier alpha value is 0.430. The molecule has 1 atom stereocenters. The quantitative estimate of drug-likeness (QED) is 0.548. The molecule has 0 spiro atoms. The molecule has 0 aromatic rings. The highest BCUT2D eigenvalue weighted by Gasteiger charge is 2.32. The molecule has 0 bridgehead atoms. The third-order valence-electron chi connectivity index (χ3n) is 2.88. The van der Waals surface area contributed by atoms with Crippen molar-refractivity contribution in [2.45, 2.75) is 52.1 Å². The maximum atomic E-state index is 2.54. The van der Waals surface area contributed by atoms with Gasteiger partial charge >= 0.3 is 0 Å². The first kappa shape index (κ1) is 12.4. The second kappa shape index (κ2) is 5.97. The van der Waals surface area contributed by atoms with E-state index in [1.54, 1.807) is 0 Å². The fourth-order valence-corrected chi connectivity index (χ4v) is 5.60. The van der Waals surface area contributed by atoms with Crippen LogP contribution in [0.15, 0.2) is 0 Å². The molecule has 0 rings (SSSR count). The van der Waals surface area contributed by atoms with Crippen molar-refractivity contribution in [3.63, 3.8) is 0 Å². The first-order valence-corrected chi connectivity index (χ1v) is 8.34. The predicted octanol–water partition coefficient (Wildman–Crippen LogP) is 4.25. The van der Waals surface area contributed by atoms with E-state index in [4.69, 9.17) is 0 Å². The van der Waals surface area contributed by atoms with Crippen molar-refractivity contribution in [3.8, 4) is 0 Å². The highest BCUT2D eigenvalue weighted by molar-refractivity contribution is 7.75. The molecule has 0 aromatic carbocycles. The summed E-state index contributed by atoms with van der Waals surface area (Å²) in [5, 5.41) is 0. The average molecular weight is 189 g/mol. The third kappa shape index (κ3) is 3.90. The van der Waals surface area contributed by atoms with E-state index in [1.165, 1.54) is 31.8 Å². The summed E-state index contributed by atoms with van der Waals surface area (Å²) in [4.78, 5) is 0. The SMILES string of the molecule is CCCC(CC)[P+](C)(C)CCC. The molecule has 74 valence electrons. The van der Waals surface area contributed by atoms with Gasteiger partial charge in [0, 0.05) is 20.6 Å². The molecule has 0 radical (unpaired) electrons. The molecular weight excluding hydrogens is 163 g/mol. The van der Waals surface area contributed by atoms with E-state index in [2.05, 4.69) is 34.1 Å². The summed E-state index contributed by atoms with van der Waals surface area (Å²) in [6.07, 6.45) is 7.09. The van der Waals surface area contributed by atoms with Crippen LogP contribution >= 0.6 is 7.26 Å². The molecule has 12 heavy (non-hydrogen) atoms. The van der Waals surface area contributed by atoms with Crippen molar-refractivity contribution in [1.82, 2.24) is 0 Å². The van der Waals surface area contributed by atoms with Gasteiger partial charge in [0.15, 0.2) is 0 Å². The van der Waals surface area contributed by atoms with Gasteiger partial charge in [-0.05, 0) is 19.3 Å². The van der Waals surface area contributed by atoms with Crippen LogP contribution in [-0.2, 0) is 0 Å². The predicted molar refractivity (Wildman–Crippen MR) is 62.9 cm³/mol. The zero-order valence-corrected chi connectivity index (χ0v) is 10.5. The minimum atomic E-state index is -0.569. The molecule has 0 saturated heterocycles. The van der Waals surface area contributed by atoms with E-state index >= 15 is 0 Å². The molecule has 1 heteroatoms. The first-order chi connectivity index (χ1) is 5.58. The van der Waals surface area contributed by atoms with E-state index in [0.717, 1.165) is 5.66 Å². The summed E-state index contributed by atoms with van der Waals surface area (Å²) in [6.45, 7) is 12.1. The summed E-state index contributed by atoms with van der Waals surface area (Å²) < 4.78 is 0. The average Bonchev–Trinajstić information content (AvgIpc) is 1.99. The minimum Gasteiger partial charge on any atom is -0.0652 e. The Kier molecular flexibility index (Phi) is 6.19. The molecule has 0 fully saturated rings. The van der Waals surface area contributed by atoms with Gasteiger partial charge in [0.1, 0.15) is 0 Å². The molecule has 0 heterocycles. The Balaban J connectivity index is 4.05. The fraction of sp³-hybridized carbons (Fsp3) is 1.00. The lowest BCUT2D eigenvalue weighted by Crippen LogP contribution is -2.13. The molecule has 0 aliphatic heterocycles. The van der Waals surface area contributed by atoms with Gasteiger partial charge < -0.3 is 0 Å². The molecule has 0 aliphatic carbocycles. The molecule has 0 nitrogen and oxygen atoms in total. The van der Waals surface area contributed by atoms with Crippen LogP contribution < -0.4 is 0 Å². The molecule has 0 saturated carbocycles. The Morgan fingerprint density at radius 3 is 1.92 bits per heavy atom. The Morgan fingerprint density at radius 2 is 1.58 bits per heavy atom. The highest BCUT2D eigenvalue weighted by Crippen LogP contribution is 2.58. The number of hydrogen-bond donors (Lipinski definition) is 0. The van der Waals surface area contributed by atoms with Gasteiger partial charge in [0.05, 0.1) is 11.8 Å². The van der Waals surface area contributed by atoms with E-state index in [0.29, 0.717) is 0 Å². The van der Waals surface area contributed by atoms with E-state index in [-0.39, 0.29) is 0 Å². The summed E-state index contributed by atoms with van der Waals surface area (Å²) in [7, 11) is -0.569. The smallest absolute Gasteiger partial charge is 0.0652 e. The van der Waals surface area contributed by atoms with Crippen LogP contribution in [0.2, 0.25) is 0 Å². The topological polar surface area (TPSA) is 0 Å². The second-order valence-electron chi connectivity index (χ2n) is 4.35. The highest BCUT2D eigenvalue weighted by atomic mass is 31.2. The van der Waals surface area contributed by atoms with E-state index < -0.39 is 7.26 Å². The zero-order chi connectivity index (χ0) is 9.61.